The Balaban J connectivity index is -0.000000376. The van der Waals surface area contributed by atoms with Crippen LogP contribution >= 0.6 is 0 Å². The summed E-state index contributed by atoms with van der Waals surface area (Å²) in [5.41, 5.74) is 0. The second kappa shape index (κ2) is 13.8. The van der Waals surface area contributed by atoms with Crippen LogP contribution in [0.15, 0.2) is 0 Å². The Kier molecular flexibility index (Phi) is 17.5. The highest BCUT2D eigenvalue weighted by atomic mass is 16.2. The smallest absolute Gasteiger partial charge is 0.217 e. The fourth-order valence-electron chi connectivity index (χ4n) is 0.829. The second-order valence-corrected chi connectivity index (χ2v) is 2.77. The van der Waals surface area contributed by atoms with Crippen molar-refractivity contribution < 1.29 is 14.4 Å². The molecule has 4 heteroatoms. The zero-order valence-corrected chi connectivity index (χ0v) is 11.5. The van der Waals surface area contributed by atoms with Gasteiger partial charge < -0.3 is 5.32 Å². The Bertz CT molecular complexity index is 196. The van der Waals surface area contributed by atoms with Crippen LogP contribution in [0.1, 0.15) is 54.9 Å². The number of amides is 1. The number of ketones is 2. The van der Waals surface area contributed by atoms with Crippen LogP contribution in [0.3, 0.4) is 0 Å². The second-order valence-electron chi connectivity index (χ2n) is 2.77. The van der Waals surface area contributed by atoms with Crippen LogP contribution in [0.4, 0.5) is 0 Å². The lowest BCUT2D eigenvalue weighted by molar-refractivity contribution is -0.127. The zero-order chi connectivity index (χ0) is 13.7. The highest BCUT2D eigenvalue weighted by molar-refractivity contribution is 5.91. The largest absolute Gasteiger partial charge is 0.346 e. The number of carbonyl (C=O) groups is 3. The average Bonchev–Trinajstić information content (AvgIpc) is 2.21. The van der Waals surface area contributed by atoms with Gasteiger partial charge in [0.05, 0.1) is 6.04 Å². The van der Waals surface area contributed by atoms with Gasteiger partial charge in [0.25, 0.3) is 0 Å². The van der Waals surface area contributed by atoms with Crippen LogP contribution in [-0.4, -0.2) is 23.5 Å². The minimum atomic E-state index is -0.653. The molecule has 4 nitrogen and oxygen atoms in total. The van der Waals surface area contributed by atoms with E-state index in [1.54, 1.807) is 0 Å². The van der Waals surface area contributed by atoms with Crippen molar-refractivity contribution in [3.05, 3.63) is 0 Å². The van der Waals surface area contributed by atoms with E-state index in [-0.39, 0.29) is 23.9 Å². The van der Waals surface area contributed by atoms with Crippen LogP contribution in [0.2, 0.25) is 0 Å². The molecule has 0 aliphatic rings. The van der Waals surface area contributed by atoms with Crippen molar-refractivity contribution in [2.45, 2.75) is 60.9 Å². The summed E-state index contributed by atoms with van der Waals surface area (Å²) in [4.78, 5) is 32.1. The summed E-state index contributed by atoms with van der Waals surface area (Å²) < 4.78 is 0. The predicted octanol–water partition coefficient (Wildman–Crippen LogP) is 2.11. The molecule has 0 fully saturated rings. The monoisotopic (exact) mass is 231 g/mol. The van der Waals surface area contributed by atoms with E-state index >= 15 is 0 Å². The molecule has 0 saturated carbocycles. The first-order valence-corrected chi connectivity index (χ1v) is 5.70. The summed E-state index contributed by atoms with van der Waals surface area (Å²) in [7, 11) is 0. The molecule has 0 aliphatic carbocycles. The lowest BCUT2D eigenvalue weighted by Crippen LogP contribution is -2.39. The molecule has 0 aliphatic heterocycles. The highest BCUT2D eigenvalue weighted by Gasteiger charge is 2.16. The fraction of sp³-hybridized carbons (Fsp3) is 0.750. The van der Waals surface area contributed by atoms with Gasteiger partial charge in [0, 0.05) is 13.3 Å². The standard InChI is InChI=1S/C8H13NO3.2C2H6/c1-5(10)4-8(6(2)11)9-7(3)12;2*1-2/h8H,4H2,1-3H3,(H,9,12);2*1-2H3. The zero-order valence-electron chi connectivity index (χ0n) is 11.5. The first-order valence-electron chi connectivity index (χ1n) is 5.70. The van der Waals surface area contributed by atoms with Gasteiger partial charge in [-0.25, -0.2) is 0 Å². The summed E-state index contributed by atoms with van der Waals surface area (Å²) in [6.07, 6.45) is 0.0783. The summed E-state index contributed by atoms with van der Waals surface area (Å²) in [5.74, 6) is -0.596. The average molecular weight is 231 g/mol. The number of hydrogen-bond donors (Lipinski definition) is 1. The lowest BCUT2D eigenvalue weighted by Gasteiger charge is -2.11. The van der Waals surface area contributed by atoms with E-state index < -0.39 is 6.04 Å². The predicted molar refractivity (Wildman–Crippen MR) is 66.3 cm³/mol. The van der Waals surface area contributed by atoms with Gasteiger partial charge in [0.1, 0.15) is 5.78 Å². The normalized spacial score (nSPS) is 9.69. The maximum absolute atomic E-state index is 10.8. The minimum absolute atomic E-state index is 0.0783. The molecular formula is C12H25NO3. The van der Waals surface area contributed by atoms with Gasteiger partial charge in [-0.05, 0) is 13.8 Å². The third-order valence-electron chi connectivity index (χ3n) is 1.36. The van der Waals surface area contributed by atoms with Gasteiger partial charge in [0.2, 0.25) is 5.91 Å². The van der Waals surface area contributed by atoms with Gasteiger partial charge in [-0.15, -0.1) is 0 Å². The van der Waals surface area contributed by atoms with Gasteiger partial charge in [-0.2, -0.15) is 0 Å². The van der Waals surface area contributed by atoms with E-state index in [1.165, 1.54) is 20.8 Å². The quantitative estimate of drug-likeness (QED) is 0.806. The number of hydrogen-bond acceptors (Lipinski definition) is 3. The molecule has 96 valence electrons. The maximum atomic E-state index is 10.8. The molecule has 0 radical (unpaired) electrons. The molecule has 0 aromatic carbocycles. The fourth-order valence-corrected chi connectivity index (χ4v) is 0.829. The van der Waals surface area contributed by atoms with Crippen LogP contribution < -0.4 is 5.32 Å². The first-order chi connectivity index (χ1) is 7.43. The Morgan fingerprint density at radius 3 is 1.50 bits per heavy atom. The molecule has 16 heavy (non-hydrogen) atoms. The molecule has 1 N–H and O–H groups in total. The van der Waals surface area contributed by atoms with Crippen LogP contribution in [0.25, 0.3) is 0 Å². The molecule has 0 bridgehead atoms. The van der Waals surface area contributed by atoms with Gasteiger partial charge >= 0.3 is 0 Å². The van der Waals surface area contributed by atoms with Crippen LogP contribution in [0.5, 0.6) is 0 Å². The van der Waals surface area contributed by atoms with Crippen LogP contribution in [-0.2, 0) is 14.4 Å². The van der Waals surface area contributed by atoms with E-state index in [0.29, 0.717) is 0 Å². The third-order valence-corrected chi connectivity index (χ3v) is 1.36. The Labute approximate surface area is 98.8 Å². The number of rotatable bonds is 4. The van der Waals surface area contributed by atoms with E-state index in [9.17, 15) is 14.4 Å². The van der Waals surface area contributed by atoms with Crippen molar-refractivity contribution in [2.75, 3.05) is 0 Å². The number of Topliss-reactive ketones (excluding diaryl/α,β-unsaturated/α-hetero) is 2. The molecule has 0 heterocycles. The van der Waals surface area contributed by atoms with Crippen molar-refractivity contribution in [1.82, 2.24) is 5.32 Å². The van der Waals surface area contributed by atoms with Crippen molar-refractivity contribution in [3.63, 3.8) is 0 Å². The third kappa shape index (κ3) is 15.3. The lowest BCUT2D eigenvalue weighted by atomic mass is 10.1. The molecule has 0 aromatic heterocycles. The molecule has 0 saturated heterocycles. The molecular weight excluding hydrogens is 206 g/mol. The molecule has 1 atom stereocenters. The summed E-state index contributed by atoms with van der Waals surface area (Å²) >= 11 is 0. The Morgan fingerprint density at radius 1 is 0.938 bits per heavy atom. The summed E-state index contributed by atoms with van der Waals surface area (Å²) in [6.45, 7) is 12.1. The van der Waals surface area contributed by atoms with Gasteiger partial charge in [0.15, 0.2) is 5.78 Å². The van der Waals surface area contributed by atoms with Crippen molar-refractivity contribution in [2.24, 2.45) is 0 Å². The van der Waals surface area contributed by atoms with Crippen molar-refractivity contribution in [1.29, 1.82) is 0 Å². The van der Waals surface area contributed by atoms with Crippen LogP contribution in [0, 0.1) is 0 Å². The molecule has 1 amide bonds. The van der Waals surface area contributed by atoms with Gasteiger partial charge in [-0.3, -0.25) is 14.4 Å². The van der Waals surface area contributed by atoms with E-state index in [0.717, 1.165) is 0 Å². The summed E-state index contributed by atoms with van der Waals surface area (Å²) in [6, 6.07) is -0.653. The van der Waals surface area contributed by atoms with Gasteiger partial charge in [-0.1, -0.05) is 27.7 Å². The molecule has 0 aromatic rings. The molecule has 0 spiro atoms. The highest BCUT2D eigenvalue weighted by Crippen LogP contribution is 1.94. The van der Waals surface area contributed by atoms with E-state index in [1.807, 2.05) is 27.7 Å². The summed E-state index contributed by atoms with van der Waals surface area (Å²) in [5, 5.41) is 2.40. The SMILES string of the molecule is CC.CC.CC(=O)CC(NC(C)=O)C(C)=O. The maximum Gasteiger partial charge on any atom is 0.217 e. The van der Waals surface area contributed by atoms with E-state index in [4.69, 9.17) is 0 Å². The first kappa shape index (κ1) is 20.3. The van der Waals surface area contributed by atoms with Crippen molar-refractivity contribution >= 4 is 17.5 Å². The molecule has 0 rings (SSSR count). The Hall–Kier alpha value is -1.19. The molecule has 1 unspecified atom stereocenters. The van der Waals surface area contributed by atoms with E-state index in [2.05, 4.69) is 5.32 Å². The topological polar surface area (TPSA) is 63.2 Å². The van der Waals surface area contributed by atoms with Crippen molar-refractivity contribution in [3.8, 4) is 0 Å². The number of nitrogens with one attached hydrogen (secondary N) is 1. The Morgan fingerprint density at radius 2 is 1.31 bits per heavy atom. The number of carbonyl (C=O) groups excluding carboxylic acids is 3. The minimum Gasteiger partial charge on any atom is -0.346 e.